The number of hydrogen-bond acceptors (Lipinski definition) is 6. The highest BCUT2D eigenvalue weighted by Crippen LogP contribution is 2.17. The van der Waals surface area contributed by atoms with Crippen molar-refractivity contribution in [2.75, 3.05) is 0 Å². The van der Waals surface area contributed by atoms with Crippen molar-refractivity contribution < 1.29 is 32.8 Å². The zero-order chi connectivity index (χ0) is 17.1. The first-order valence-electron chi connectivity index (χ1n) is 7.09. The van der Waals surface area contributed by atoms with Gasteiger partial charge in [0.05, 0.1) is 0 Å². The van der Waals surface area contributed by atoms with Crippen molar-refractivity contribution >= 4 is 10.4 Å². The van der Waals surface area contributed by atoms with E-state index in [0.29, 0.717) is 19.3 Å². The molecule has 0 aliphatic rings. The molecule has 0 bridgehead atoms. The van der Waals surface area contributed by atoms with Crippen molar-refractivity contribution in [1.29, 1.82) is 0 Å². The summed E-state index contributed by atoms with van der Waals surface area (Å²) in [5.41, 5.74) is 0. The van der Waals surface area contributed by atoms with Gasteiger partial charge in [-0.1, -0.05) is 40.0 Å². The van der Waals surface area contributed by atoms with Crippen LogP contribution in [0.2, 0.25) is 0 Å². The highest BCUT2D eigenvalue weighted by Gasteiger charge is 2.27. The van der Waals surface area contributed by atoms with E-state index in [-0.39, 0.29) is 0 Å². The second-order valence-corrected chi connectivity index (χ2v) is 5.60. The van der Waals surface area contributed by atoms with Gasteiger partial charge in [-0.3, -0.25) is 9.11 Å². The Morgan fingerprint density at radius 3 is 1.10 bits per heavy atom. The van der Waals surface area contributed by atoms with Crippen molar-refractivity contribution in [2.45, 2.75) is 78.0 Å². The number of hydrogen-bond donors (Lipinski definition) is 5. The zero-order valence-electron chi connectivity index (χ0n) is 12.9. The molecule has 0 spiro atoms. The van der Waals surface area contributed by atoms with Crippen LogP contribution >= 0.6 is 0 Å². The molecule has 0 aromatic rings. The zero-order valence-corrected chi connectivity index (χ0v) is 13.7. The number of rotatable bonds is 9. The first kappa shape index (κ1) is 23.0. The predicted molar refractivity (Wildman–Crippen MR) is 78.8 cm³/mol. The number of nitrogens with zero attached hydrogens (tertiary/aromatic N) is 1. The summed E-state index contributed by atoms with van der Waals surface area (Å²) >= 11 is 0. The molecule has 0 saturated heterocycles. The standard InChI is InChI=1S/C12H27NO3.H2O4S/c1-4-7-10(14)13(11(15)8-5-2)12(16)9-6-3;1-5(2,3)4/h10-12,14-16H,4-9H2,1-3H3;(H2,1,2,3,4). The van der Waals surface area contributed by atoms with Gasteiger partial charge in [-0.15, -0.1) is 0 Å². The van der Waals surface area contributed by atoms with Crippen molar-refractivity contribution in [1.82, 2.24) is 4.90 Å². The Labute approximate surface area is 127 Å². The van der Waals surface area contributed by atoms with E-state index in [1.807, 2.05) is 20.8 Å². The molecular weight excluding hydrogens is 302 g/mol. The summed E-state index contributed by atoms with van der Waals surface area (Å²) in [5, 5.41) is 29.7. The summed E-state index contributed by atoms with van der Waals surface area (Å²) in [5.74, 6) is 0. The molecule has 0 fully saturated rings. The van der Waals surface area contributed by atoms with Gasteiger partial charge in [0.1, 0.15) is 18.7 Å². The smallest absolute Gasteiger partial charge is 0.378 e. The van der Waals surface area contributed by atoms with Crippen LogP contribution in [0, 0.1) is 0 Å². The van der Waals surface area contributed by atoms with Crippen LogP contribution in [0.1, 0.15) is 59.3 Å². The summed E-state index contributed by atoms with van der Waals surface area (Å²) in [6.45, 7) is 5.92. The maximum absolute atomic E-state index is 9.91. The highest BCUT2D eigenvalue weighted by molar-refractivity contribution is 7.79. The molecule has 0 saturated carbocycles. The molecule has 9 heteroatoms. The van der Waals surface area contributed by atoms with E-state index in [4.69, 9.17) is 17.5 Å². The van der Waals surface area contributed by atoms with Crippen LogP contribution in [0.25, 0.3) is 0 Å². The molecule has 21 heavy (non-hydrogen) atoms. The molecule has 0 aromatic heterocycles. The quantitative estimate of drug-likeness (QED) is 0.311. The fourth-order valence-corrected chi connectivity index (χ4v) is 1.82. The second-order valence-electron chi connectivity index (χ2n) is 4.70. The van der Waals surface area contributed by atoms with Crippen molar-refractivity contribution in [3.05, 3.63) is 0 Å². The van der Waals surface area contributed by atoms with Gasteiger partial charge < -0.3 is 15.3 Å². The SMILES string of the molecule is CCCC(O)N(C(O)CCC)C(O)CCC.O=S(=O)(O)O. The lowest BCUT2D eigenvalue weighted by atomic mass is 10.2. The van der Waals surface area contributed by atoms with Crippen LogP contribution in [-0.4, -0.2) is 56.4 Å². The minimum atomic E-state index is -4.67. The van der Waals surface area contributed by atoms with Crippen LogP contribution < -0.4 is 0 Å². The van der Waals surface area contributed by atoms with Crippen molar-refractivity contribution in [3.8, 4) is 0 Å². The summed E-state index contributed by atoms with van der Waals surface area (Å²) in [6, 6.07) is 0. The highest BCUT2D eigenvalue weighted by atomic mass is 32.3. The van der Waals surface area contributed by atoms with Gasteiger partial charge in [-0.25, -0.2) is 4.90 Å². The topological polar surface area (TPSA) is 139 Å². The second kappa shape index (κ2) is 12.3. The lowest BCUT2D eigenvalue weighted by Crippen LogP contribution is -2.49. The molecule has 0 rings (SSSR count). The summed E-state index contributed by atoms with van der Waals surface area (Å²) in [6.07, 6.45) is 1.93. The van der Waals surface area contributed by atoms with Crippen LogP contribution in [0.5, 0.6) is 0 Å². The van der Waals surface area contributed by atoms with Crippen LogP contribution in [0.15, 0.2) is 0 Å². The minimum absolute atomic E-state index is 0.571. The van der Waals surface area contributed by atoms with Gasteiger partial charge in [0.25, 0.3) is 0 Å². The summed E-state index contributed by atoms with van der Waals surface area (Å²) < 4.78 is 31.6. The predicted octanol–water partition coefficient (Wildman–Crippen LogP) is 0.991. The number of aliphatic hydroxyl groups excluding tert-OH is 3. The Morgan fingerprint density at radius 1 is 0.762 bits per heavy atom. The first-order chi connectivity index (χ1) is 9.58. The Hall–Kier alpha value is -0.290. The Kier molecular flexibility index (Phi) is 13.4. The molecule has 5 N–H and O–H groups in total. The molecule has 3 unspecified atom stereocenters. The van der Waals surface area contributed by atoms with Crippen molar-refractivity contribution in [2.24, 2.45) is 0 Å². The molecule has 8 nitrogen and oxygen atoms in total. The average Bonchev–Trinajstić information content (AvgIpc) is 2.27. The molecule has 0 aliphatic heterocycles. The van der Waals surface area contributed by atoms with E-state index in [0.717, 1.165) is 19.3 Å². The largest absolute Gasteiger partial charge is 0.394 e. The molecule has 0 aliphatic carbocycles. The van der Waals surface area contributed by atoms with Gasteiger partial charge in [0.15, 0.2) is 0 Å². The van der Waals surface area contributed by atoms with Crippen LogP contribution in [0.3, 0.4) is 0 Å². The molecular formula is C12H29NO7S. The number of aliphatic hydroxyl groups is 3. The monoisotopic (exact) mass is 331 g/mol. The Morgan fingerprint density at radius 2 is 0.952 bits per heavy atom. The fraction of sp³-hybridized carbons (Fsp3) is 1.00. The average molecular weight is 331 g/mol. The normalized spacial score (nSPS) is 16.0. The van der Waals surface area contributed by atoms with Crippen LogP contribution in [-0.2, 0) is 10.4 Å². The van der Waals surface area contributed by atoms with Crippen molar-refractivity contribution in [3.63, 3.8) is 0 Å². The molecule has 0 radical (unpaired) electrons. The van der Waals surface area contributed by atoms with E-state index < -0.39 is 29.1 Å². The van der Waals surface area contributed by atoms with E-state index in [9.17, 15) is 15.3 Å². The van der Waals surface area contributed by atoms with Gasteiger partial charge in [0.2, 0.25) is 0 Å². The third-order valence-corrected chi connectivity index (χ3v) is 2.67. The molecule has 0 amide bonds. The van der Waals surface area contributed by atoms with E-state index in [2.05, 4.69) is 0 Å². The third kappa shape index (κ3) is 14.4. The molecule has 130 valence electrons. The lowest BCUT2D eigenvalue weighted by Gasteiger charge is -2.35. The maximum atomic E-state index is 9.91. The van der Waals surface area contributed by atoms with E-state index in [1.54, 1.807) is 0 Å². The minimum Gasteiger partial charge on any atom is -0.378 e. The molecule has 0 heterocycles. The van der Waals surface area contributed by atoms with E-state index in [1.165, 1.54) is 4.90 Å². The Bertz CT molecular complexity index is 300. The van der Waals surface area contributed by atoms with Gasteiger partial charge in [-0.05, 0) is 19.3 Å². The van der Waals surface area contributed by atoms with Gasteiger partial charge >= 0.3 is 10.4 Å². The molecule has 3 atom stereocenters. The first-order valence-corrected chi connectivity index (χ1v) is 8.49. The lowest BCUT2D eigenvalue weighted by molar-refractivity contribution is -0.184. The maximum Gasteiger partial charge on any atom is 0.394 e. The van der Waals surface area contributed by atoms with Gasteiger partial charge in [-0.2, -0.15) is 8.42 Å². The molecule has 0 aromatic carbocycles. The fourth-order valence-electron chi connectivity index (χ4n) is 1.82. The van der Waals surface area contributed by atoms with E-state index >= 15 is 0 Å². The summed E-state index contributed by atoms with van der Waals surface area (Å²) in [7, 11) is -4.67. The van der Waals surface area contributed by atoms with Crippen LogP contribution in [0.4, 0.5) is 0 Å². The van der Waals surface area contributed by atoms with Gasteiger partial charge in [0, 0.05) is 0 Å². The summed E-state index contributed by atoms with van der Waals surface area (Å²) in [4.78, 5) is 1.43. The Balaban J connectivity index is 0. The third-order valence-electron chi connectivity index (χ3n) is 2.67.